The zero-order valence-corrected chi connectivity index (χ0v) is 18.7. The van der Waals surface area contributed by atoms with Crippen molar-refractivity contribution in [3.05, 3.63) is 74.5 Å². The molecule has 0 spiro atoms. The molecule has 0 atom stereocenters. The number of carbonyl (C=O) groups is 1. The zero-order chi connectivity index (χ0) is 22.0. The van der Waals surface area contributed by atoms with Crippen molar-refractivity contribution in [1.29, 1.82) is 0 Å². The summed E-state index contributed by atoms with van der Waals surface area (Å²) in [4.78, 5) is 26.3. The van der Waals surface area contributed by atoms with Crippen LogP contribution in [-0.4, -0.2) is 15.7 Å². The third-order valence-electron chi connectivity index (χ3n) is 5.68. The number of nitrogens with zero attached hydrogens (tertiary/aromatic N) is 2. The van der Waals surface area contributed by atoms with E-state index in [2.05, 4.69) is 10.4 Å². The number of rotatable bonds is 4. The Morgan fingerprint density at radius 2 is 1.55 bits per heavy atom. The maximum Gasteiger partial charge on any atom is 0.228 e. The van der Waals surface area contributed by atoms with Crippen LogP contribution in [0.4, 0.5) is 5.82 Å². The van der Waals surface area contributed by atoms with Crippen molar-refractivity contribution >= 4 is 34.9 Å². The molecule has 0 radical (unpaired) electrons. The smallest absolute Gasteiger partial charge is 0.228 e. The van der Waals surface area contributed by atoms with E-state index in [9.17, 15) is 9.59 Å². The molecule has 3 aromatic rings. The van der Waals surface area contributed by atoms with Crippen LogP contribution in [0.25, 0.3) is 16.8 Å². The van der Waals surface area contributed by atoms with Gasteiger partial charge in [-0.3, -0.25) is 9.59 Å². The van der Waals surface area contributed by atoms with Gasteiger partial charge in [-0.25, -0.2) is 4.68 Å². The Morgan fingerprint density at radius 1 is 0.968 bits per heavy atom. The van der Waals surface area contributed by atoms with Crippen molar-refractivity contribution in [1.82, 2.24) is 9.78 Å². The van der Waals surface area contributed by atoms with Crippen molar-refractivity contribution < 1.29 is 4.79 Å². The van der Waals surface area contributed by atoms with Crippen LogP contribution in [0.1, 0.15) is 37.8 Å². The Balaban J connectivity index is 1.89. The molecule has 0 aliphatic heterocycles. The number of hydrogen-bond acceptors (Lipinski definition) is 3. The van der Waals surface area contributed by atoms with Crippen molar-refractivity contribution in [2.75, 3.05) is 5.32 Å². The first-order valence-electron chi connectivity index (χ1n) is 10.4. The van der Waals surface area contributed by atoms with Gasteiger partial charge in [0.2, 0.25) is 11.3 Å². The second kappa shape index (κ2) is 9.25. The lowest BCUT2D eigenvalue weighted by Crippen LogP contribution is -2.29. The van der Waals surface area contributed by atoms with Crippen molar-refractivity contribution in [3.63, 3.8) is 0 Å². The standard InChI is InChI=1S/C24H23Cl2N3O2/c1-15-22(30)21(16-7-9-18(25)10-8-16)23(27-24(31)17-5-3-2-4-6-17)29(28-15)20-13-11-19(26)12-14-20/h7-14,17H,2-6H2,1H3,(H,27,31). The molecule has 1 N–H and O–H groups in total. The summed E-state index contributed by atoms with van der Waals surface area (Å²) in [5.74, 6) is 0.209. The normalized spacial score (nSPS) is 14.4. The number of benzene rings is 2. The number of aryl methyl sites for hydroxylation is 1. The van der Waals surface area contributed by atoms with Crippen LogP contribution in [0, 0.1) is 12.8 Å². The van der Waals surface area contributed by atoms with Crippen LogP contribution in [-0.2, 0) is 4.79 Å². The highest BCUT2D eigenvalue weighted by Gasteiger charge is 2.25. The molecule has 0 bridgehead atoms. The van der Waals surface area contributed by atoms with E-state index in [1.165, 1.54) is 0 Å². The van der Waals surface area contributed by atoms with Crippen LogP contribution < -0.4 is 10.7 Å². The van der Waals surface area contributed by atoms with Gasteiger partial charge in [0.15, 0.2) is 0 Å². The Bertz CT molecular complexity index is 1150. The first-order valence-corrected chi connectivity index (χ1v) is 11.2. The van der Waals surface area contributed by atoms with Crippen molar-refractivity contribution in [3.8, 4) is 16.8 Å². The molecule has 160 valence electrons. The molecule has 2 aromatic carbocycles. The van der Waals surface area contributed by atoms with E-state index in [1.54, 1.807) is 60.1 Å². The van der Waals surface area contributed by atoms with Crippen LogP contribution in [0.5, 0.6) is 0 Å². The lowest BCUT2D eigenvalue weighted by Gasteiger charge is -2.23. The van der Waals surface area contributed by atoms with E-state index in [4.69, 9.17) is 23.2 Å². The molecule has 1 aromatic heterocycles. The SMILES string of the molecule is Cc1nn(-c2ccc(Cl)cc2)c(NC(=O)C2CCCCC2)c(-c2ccc(Cl)cc2)c1=O. The van der Waals surface area contributed by atoms with Gasteiger partial charge in [-0.1, -0.05) is 54.6 Å². The minimum absolute atomic E-state index is 0.0677. The van der Waals surface area contributed by atoms with Crippen LogP contribution in [0.3, 0.4) is 0 Å². The van der Waals surface area contributed by atoms with Gasteiger partial charge >= 0.3 is 0 Å². The van der Waals surface area contributed by atoms with E-state index in [-0.39, 0.29) is 17.3 Å². The number of anilines is 1. The highest BCUT2D eigenvalue weighted by molar-refractivity contribution is 6.30. The molecule has 1 aliphatic carbocycles. The average Bonchev–Trinajstić information content (AvgIpc) is 2.78. The topological polar surface area (TPSA) is 64.0 Å². The van der Waals surface area contributed by atoms with E-state index in [1.807, 2.05) is 0 Å². The molecule has 1 heterocycles. The lowest BCUT2D eigenvalue weighted by molar-refractivity contribution is -0.120. The molecule has 0 saturated heterocycles. The molecular weight excluding hydrogens is 433 g/mol. The van der Waals surface area contributed by atoms with Crippen LogP contribution in [0.15, 0.2) is 53.3 Å². The Kier molecular flexibility index (Phi) is 6.44. The first-order chi connectivity index (χ1) is 14.9. The maximum atomic E-state index is 13.2. The summed E-state index contributed by atoms with van der Waals surface area (Å²) in [5, 5.41) is 8.69. The highest BCUT2D eigenvalue weighted by atomic mass is 35.5. The summed E-state index contributed by atoms with van der Waals surface area (Å²) in [5.41, 5.74) is 1.86. The fourth-order valence-corrected chi connectivity index (χ4v) is 4.24. The molecular formula is C24H23Cl2N3O2. The minimum atomic E-state index is -0.230. The van der Waals surface area contributed by atoms with Gasteiger partial charge in [0.05, 0.1) is 11.3 Å². The van der Waals surface area contributed by atoms with Crippen molar-refractivity contribution in [2.24, 2.45) is 5.92 Å². The Hall–Kier alpha value is -2.63. The summed E-state index contributed by atoms with van der Waals surface area (Å²) in [7, 11) is 0. The minimum Gasteiger partial charge on any atom is -0.310 e. The number of carbonyl (C=O) groups excluding carboxylic acids is 1. The third kappa shape index (κ3) is 4.68. The number of aromatic nitrogens is 2. The number of nitrogens with one attached hydrogen (secondary N) is 1. The monoisotopic (exact) mass is 455 g/mol. The second-order valence-corrected chi connectivity index (χ2v) is 8.73. The third-order valence-corrected chi connectivity index (χ3v) is 6.18. The predicted molar refractivity (Wildman–Crippen MR) is 125 cm³/mol. The number of hydrogen-bond donors (Lipinski definition) is 1. The van der Waals surface area contributed by atoms with E-state index in [0.29, 0.717) is 38.4 Å². The van der Waals surface area contributed by atoms with Gasteiger partial charge in [0.1, 0.15) is 11.5 Å². The summed E-state index contributed by atoms with van der Waals surface area (Å²) < 4.78 is 1.61. The van der Waals surface area contributed by atoms with E-state index < -0.39 is 0 Å². The van der Waals surface area contributed by atoms with Gasteiger partial charge < -0.3 is 5.32 Å². The second-order valence-electron chi connectivity index (χ2n) is 7.86. The molecule has 1 fully saturated rings. The summed E-state index contributed by atoms with van der Waals surface area (Å²) in [6.07, 6.45) is 4.94. The molecule has 1 amide bonds. The largest absolute Gasteiger partial charge is 0.310 e. The zero-order valence-electron chi connectivity index (χ0n) is 17.2. The molecule has 0 unspecified atom stereocenters. The van der Waals surface area contributed by atoms with E-state index >= 15 is 0 Å². The Labute approximate surface area is 191 Å². The molecule has 7 heteroatoms. The first kappa shape index (κ1) is 21.6. The fourth-order valence-electron chi connectivity index (χ4n) is 3.99. The summed E-state index contributed by atoms with van der Waals surface area (Å²) in [6, 6.07) is 14.1. The summed E-state index contributed by atoms with van der Waals surface area (Å²) in [6.45, 7) is 1.67. The van der Waals surface area contributed by atoms with Gasteiger partial charge in [-0.05, 0) is 61.7 Å². The molecule has 31 heavy (non-hydrogen) atoms. The molecule has 4 rings (SSSR count). The summed E-state index contributed by atoms with van der Waals surface area (Å²) >= 11 is 12.1. The van der Waals surface area contributed by atoms with Gasteiger partial charge in [-0.2, -0.15) is 5.10 Å². The Morgan fingerprint density at radius 3 is 2.16 bits per heavy atom. The predicted octanol–water partition coefficient (Wildman–Crippen LogP) is 6.03. The number of halogens is 2. The van der Waals surface area contributed by atoms with Gasteiger partial charge in [-0.15, -0.1) is 0 Å². The molecule has 1 saturated carbocycles. The number of amides is 1. The van der Waals surface area contributed by atoms with Gasteiger partial charge in [0.25, 0.3) is 0 Å². The average molecular weight is 456 g/mol. The molecule has 5 nitrogen and oxygen atoms in total. The van der Waals surface area contributed by atoms with Gasteiger partial charge in [0, 0.05) is 16.0 Å². The fraction of sp³-hybridized carbons (Fsp3) is 0.292. The quantitative estimate of drug-likeness (QED) is 0.521. The highest BCUT2D eigenvalue weighted by Crippen LogP contribution is 2.31. The van der Waals surface area contributed by atoms with Crippen LogP contribution >= 0.6 is 23.2 Å². The van der Waals surface area contributed by atoms with Crippen LogP contribution in [0.2, 0.25) is 10.0 Å². The van der Waals surface area contributed by atoms with Crippen molar-refractivity contribution in [2.45, 2.75) is 39.0 Å². The maximum absolute atomic E-state index is 13.2. The molecule has 1 aliphatic rings. The van der Waals surface area contributed by atoms with E-state index in [0.717, 1.165) is 32.1 Å². The lowest BCUT2D eigenvalue weighted by atomic mass is 9.88.